The standard InChI is InChI=1S/C14H29NO5/c1-17-8-9-18-10-11-19-12-13-20-14(16)6-4-2-3-5-7-15/h2-13,15H2,1H3. The van der Waals surface area contributed by atoms with Crippen molar-refractivity contribution in [3.63, 3.8) is 0 Å². The number of hydrogen-bond donors (Lipinski definition) is 1. The van der Waals surface area contributed by atoms with Gasteiger partial charge in [-0.2, -0.15) is 0 Å². The van der Waals surface area contributed by atoms with Gasteiger partial charge >= 0.3 is 5.97 Å². The Bertz CT molecular complexity index is 214. The molecule has 2 N–H and O–H groups in total. The molecule has 0 aliphatic heterocycles. The summed E-state index contributed by atoms with van der Waals surface area (Å²) in [6.07, 6.45) is 4.48. The van der Waals surface area contributed by atoms with Gasteiger partial charge in [-0.15, -0.1) is 0 Å². The molecule has 0 aromatic rings. The monoisotopic (exact) mass is 291 g/mol. The Morgan fingerprint density at radius 2 is 1.45 bits per heavy atom. The van der Waals surface area contributed by atoms with Gasteiger partial charge in [-0.25, -0.2) is 0 Å². The maximum atomic E-state index is 11.3. The zero-order chi connectivity index (χ0) is 14.9. The third-order valence-electron chi connectivity index (χ3n) is 2.63. The molecule has 0 atom stereocenters. The van der Waals surface area contributed by atoms with Gasteiger partial charge in [-0.1, -0.05) is 12.8 Å². The van der Waals surface area contributed by atoms with E-state index < -0.39 is 0 Å². The van der Waals surface area contributed by atoms with Crippen LogP contribution in [0.3, 0.4) is 0 Å². The van der Waals surface area contributed by atoms with Crippen LogP contribution in [0, 0.1) is 0 Å². The third-order valence-corrected chi connectivity index (χ3v) is 2.63. The Morgan fingerprint density at radius 3 is 2.10 bits per heavy atom. The topological polar surface area (TPSA) is 80.0 Å². The predicted molar refractivity (Wildman–Crippen MR) is 76.6 cm³/mol. The average molecular weight is 291 g/mol. The summed E-state index contributed by atoms with van der Waals surface area (Å²) in [6, 6.07) is 0. The fourth-order valence-corrected chi connectivity index (χ4v) is 1.52. The highest BCUT2D eigenvalue weighted by Gasteiger charge is 2.02. The van der Waals surface area contributed by atoms with Crippen molar-refractivity contribution in [3.8, 4) is 0 Å². The highest BCUT2D eigenvalue weighted by atomic mass is 16.6. The number of ether oxygens (including phenoxy) is 4. The molecule has 0 aromatic heterocycles. The minimum atomic E-state index is -0.155. The summed E-state index contributed by atoms with van der Waals surface area (Å²) in [5.74, 6) is -0.155. The zero-order valence-electron chi connectivity index (χ0n) is 12.6. The van der Waals surface area contributed by atoms with Crippen molar-refractivity contribution in [1.82, 2.24) is 0 Å². The Hall–Kier alpha value is -0.690. The molecule has 0 spiro atoms. The number of rotatable bonds is 15. The molecule has 6 heteroatoms. The van der Waals surface area contributed by atoms with Gasteiger partial charge in [-0.05, 0) is 19.4 Å². The van der Waals surface area contributed by atoms with E-state index in [0.29, 0.717) is 46.1 Å². The Kier molecular flexibility index (Phi) is 15.8. The molecule has 0 unspecified atom stereocenters. The van der Waals surface area contributed by atoms with Gasteiger partial charge < -0.3 is 24.7 Å². The molecule has 0 aromatic carbocycles. The predicted octanol–water partition coefficient (Wildman–Crippen LogP) is 1.12. The summed E-state index contributed by atoms with van der Waals surface area (Å²) >= 11 is 0. The van der Waals surface area contributed by atoms with E-state index in [1.165, 1.54) is 0 Å². The molecule has 0 heterocycles. The lowest BCUT2D eigenvalue weighted by atomic mass is 10.1. The van der Waals surface area contributed by atoms with Crippen LogP contribution in [0.4, 0.5) is 0 Å². The Labute approximate surface area is 121 Å². The van der Waals surface area contributed by atoms with E-state index in [1.54, 1.807) is 7.11 Å². The van der Waals surface area contributed by atoms with Crippen molar-refractivity contribution >= 4 is 5.97 Å². The molecule has 120 valence electrons. The molecule has 0 saturated carbocycles. The molecular weight excluding hydrogens is 262 g/mol. The van der Waals surface area contributed by atoms with Gasteiger partial charge in [0.2, 0.25) is 0 Å². The highest BCUT2D eigenvalue weighted by Crippen LogP contribution is 2.03. The fraction of sp³-hybridized carbons (Fsp3) is 0.929. The lowest BCUT2D eigenvalue weighted by Gasteiger charge is -2.07. The molecule has 0 amide bonds. The number of methoxy groups -OCH3 is 1. The van der Waals surface area contributed by atoms with E-state index in [1.807, 2.05) is 0 Å². The maximum Gasteiger partial charge on any atom is 0.305 e. The van der Waals surface area contributed by atoms with Crippen molar-refractivity contribution in [2.24, 2.45) is 5.73 Å². The van der Waals surface area contributed by atoms with E-state index in [0.717, 1.165) is 32.2 Å². The third kappa shape index (κ3) is 15.4. The zero-order valence-corrected chi connectivity index (χ0v) is 12.6. The summed E-state index contributed by atoms with van der Waals surface area (Å²) in [5, 5.41) is 0. The number of esters is 1. The van der Waals surface area contributed by atoms with Crippen LogP contribution in [0.2, 0.25) is 0 Å². The number of nitrogens with two attached hydrogens (primary N) is 1. The van der Waals surface area contributed by atoms with E-state index in [4.69, 9.17) is 24.7 Å². The van der Waals surface area contributed by atoms with E-state index in [2.05, 4.69) is 0 Å². The van der Waals surface area contributed by atoms with Crippen molar-refractivity contribution < 1.29 is 23.7 Å². The fourth-order valence-electron chi connectivity index (χ4n) is 1.52. The smallest absolute Gasteiger partial charge is 0.305 e. The van der Waals surface area contributed by atoms with E-state index in [-0.39, 0.29) is 5.97 Å². The minimum Gasteiger partial charge on any atom is -0.463 e. The van der Waals surface area contributed by atoms with Crippen LogP contribution in [0.25, 0.3) is 0 Å². The molecule has 6 nitrogen and oxygen atoms in total. The number of hydrogen-bond acceptors (Lipinski definition) is 6. The SMILES string of the molecule is COCCOCCOCCOC(=O)CCCCCCN. The van der Waals surface area contributed by atoms with Crippen molar-refractivity contribution in [3.05, 3.63) is 0 Å². The first-order chi connectivity index (χ1) is 9.81. The lowest BCUT2D eigenvalue weighted by molar-refractivity contribution is -0.145. The normalized spacial score (nSPS) is 10.7. The van der Waals surface area contributed by atoms with Crippen LogP contribution >= 0.6 is 0 Å². The number of carbonyl (C=O) groups is 1. The van der Waals surface area contributed by atoms with Crippen molar-refractivity contribution in [2.45, 2.75) is 32.1 Å². The molecular formula is C14H29NO5. The summed E-state index contributed by atoms with van der Waals surface area (Å²) in [5.41, 5.74) is 5.39. The quantitative estimate of drug-likeness (QED) is 0.360. The summed E-state index contributed by atoms with van der Waals surface area (Å²) < 4.78 is 20.4. The van der Waals surface area contributed by atoms with Crippen LogP contribution in [0.1, 0.15) is 32.1 Å². The Balaban J connectivity index is 3.11. The van der Waals surface area contributed by atoms with Crippen LogP contribution < -0.4 is 5.73 Å². The largest absolute Gasteiger partial charge is 0.463 e. The lowest BCUT2D eigenvalue weighted by Crippen LogP contribution is -2.13. The molecule has 0 saturated heterocycles. The minimum absolute atomic E-state index is 0.155. The molecule has 0 bridgehead atoms. The molecule has 0 fully saturated rings. The second-order valence-corrected chi connectivity index (χ2v) is 4.39. The first-order valence-electron chi connectivity index (χ1n) is 7.31. The molecule has 0 aliphatic rings. The molecule has 0 radical (unpaired) electrons. The maximum absolute atomic E-state index is 11.3. The average Bonchev–Trinajstić information content (AvgIpc) is 2.45. The van der Waals surface area contributed by atoms with Gasteiger partial charge in [0.15, 0.2) is 0 Å². The highest BCUT2D eigenvalue weighted by molar-refractivity contribution is 5.69. The van der Waals surface area contributed by atoms with E-state index in [9.17, 15) is 4.79 Å². The van der Waals surface area contributed by atoms with E-state index >= 15 is 0 Å². The summed E-state index contributed by atoms with van der Waals surface area (Å²) in [7, 11) is 1.63. The van der Waals surface area contributed by atoms with Crippen LogP contribution in [-0.4, -0.2) is 59.3 Å². The van der Waals surface area contributed by atoms with Crippen molar-refractivity contribution in [2.75, 3.05) is 53.3 Å². The summed E-state index contributed by atoms with van der Waals surface area (Å²) in [4.78, 5) is 11.3. The molecule has 0 aliphatic carbocycles. The van der Waals surface area contributed by atoms with Gasteiger partial charge in [-0.3, -0.25) is 4.79 Å². The first-order valence-corrected chi connectivity index (χ1v) is 7.31. The first kappa shape index (κ1) is 19.3. The number of carbonyl (C=O) groups excluding carboxylic acids is 1. The van der Waals surface area contributed by atoms with Crippen LogP contribution in [0.5, 0.6) is 0 Å². The van der Waals surface area contributed by atoms with Crippen molar-refractivity contribution in [1.29, 1.82) is 0 Å². The van der Waals surface area contributed by atoms with Crippen LogP contribution in [-0.2, 0) is 23.7 Å². The second kappa shape index (κ2) is 16.4. The van der Waals surface area contributed by atoms with Gasteiger partial charge in [0.25, 0.3) is 0 Å². The van der Waals surface area contributed by atoms with Gasteiger partial charge in [0.1, 0.15) is 6.61 Å². The van der Waals surface area contributed by atoms with Crippen LogP contribution in [0.15, 0.2) is 0 Å². The molecule has 20 heavy (non-hydrogen) atoms. The second-order valence-electron chi connectivity index (χ2n) is 4.39. The number of unbranched alkanes of at least 4 members (excludes halogenated alkanes) is 3. The van der Waals surface area contributed by atoms with Gasteiger partial charge in [0, 0.05) is 13.5 Å². The molecule has 0 rings (SSSR count). The van der Waals surface area contributed by atoms with Gasteiger partial charge in [0.05, 0.1) is 33.0 Å². The Morgan fingerprint density at radius 1 is 0.850 bits per heavy atom. The summed E-state index contributed by atoms with van der Waals surface area (Å²) in [6.45, 7) is 3.62.